The summed E-state index contributed by atoms with van der Waals surface area (Å²) in [6.45, 7) is 2.91. The number of nitrogens with one attached hydrogen (secondary N) is 1. The third kappa shape index (κ3) is 4.30. The van der Waals surface area contributed by atoms with Crippen molar-refractivity contribution in [1.29, 1.82) is 0 Å². The van der Waals surface area contributed by atoms with E-state index in [2.05, 4.69) is 10.4 Å². The number of rotatable bonds is 6. The molecule has 1 N–H and O–H groups in total. The van der Waals surface area contributed by atoms with Gasteiger partial charge in [-0.15, -0.1) is 0 Å². The Morgan fingerprint density at radius 2 is 1.88 bits per heavy atom. The number of ether oxygens (including phenoxy) is 1. The van der Waals surface area contributed by atoms with Crippen LogP contribution >= 0.6 is 0 Å². The topological polar surface area (TPSA) is 90.3 Å². The Morgan fingerprint density at radius 3 is 2.59 bits per heavy atom. The van der Waals surface area contributed by atoms with E-state index in [1.165, 1.54) is 26.0 Å². The number of anilines is 1. The minimum Gasteiger partial charge on any atom is -0.448 e. The van der Waals surface area contributed by atoms with Gasteiger partial charge in [0, 0.05) is 22.5 Å². The lowest BCUT2D eigenvalue weighted by atomic mass is 10.1. The Kier molecular flexibility index (Phi) is 5.85. The summed E-state index contributed by atoms with van der Waals surface area (Å²) in [5, 5.41) is 7.06. The van der Waals surface area contributed by atoms with Crippen LogP contribution < -0.4 is 5.32 Å². The Balaban J connectivity index is 1.49. The van der Waals surface area contributed by atoms with Gasteiger partial charge in [0.15, 0.2) is 17.6 Å². The lowest BCUT2D eigenvalue weighted by Crippen LogP contribution is -2.30. The molecule has 0 aliphatic heterocycles. The molecule has 2 aromatic carbocycles. The number of Topliss-reactive ketones (excluding diaryl/α,β-unsaturated/α-hetero) is 1. The first kappa shape index (κ1) is 21.4. The van der Waals surface area contributed by atoms with Crippen LogP contribution in [-0.4, -0.2) is 33.5 Å². The highest BCUT2D eigenvalue weighted by molar-refractivity contribution is 5.99. The summed E-state index contributed by atoms with van der Waals surface area (Å²) in [5.41, 5.74) is 3.41. The van der Waals surface area contributed by atoms with Gasteiger partial charge in [0.2, 0.25) is 0 Å². The largest absolute Gasteiger partial charge is 0.448 e. The molecule has 1 amide bonds. The lowest BCUT2D eigenvalue weighted by molar-refractivity contribution is -0.123. The molecule has 164 valence electrons. The smallest absolute Gasteiger partial charge is 0.359 e. The second-order valence-electron chi connectivity index (χ2n) is 7.69. The van der Waals surface area contributed by atoms with Gasteiger partial charge >= 0.3 is 5.97 Å². The molecule has 0 fully saturated rings. The predicted molar refractivity (Wildman–Crippen MR) is 116 cm³/mol. The van der Waals surface area contributed by atoms with Crippen LogP contribution in [0.2, 0.25) is 0 Å². The number of hydrogen-bond donors (Lipinski definition) is 1. The summed E-state index contributed by atoms with van der Waals surface area (Å²) in [7, 11) is 0. The fourth-order valence-corrected chi connectivity index (χ4v) is 3.73. The number of esters is 1. The van der Waals surface area contributed by atoms with Crippen molar-refractivity contribution in [3.8, 4) is 5.69 Å². The minimum atomic E-state index is -1.07. The number of halogens is 1. The number of carbonyl (C=O) groups excluding carboxylic acids is 3. The first-order valence-corrected chi connectivity index (χ1v) is 10.3. The molecule has 4 rings (SSSR count). The van der Waals surface area contributed by atoms with Crippen LogP contribution in [-0.2, 0) is 22.4 Å². The van der Waals surface area contributed by atoms with Crippen molar-refractivity contribution in [1.82, 2.24) is 9.78 Å². The maximum atomic E-state index is 13.3. The Morgan fingerprint density at radius 1 is 1.12 bits per heavy atom. The zero-order valence-electron chi connectivity index (χ0n) is 17.7. The Labute approximate surface area is 184 Å². The van der Waals surface area contributed by atoms with Crippen LogP contribution in [0.4, 0.5) is 10.1 Å². The number of amides is 1. The van der Waals surface area contributed by atoms with Crippen LogP contribution in [0.3, 0.4) is 0 Å². The van der Waals surface area contributed by atoms with E-state index in [1.54, 1.807) is 41.1 Å². The van der Waals surface area contributed by atoms with Gasteiger partial charge in [-0.3, -0.25) is 9.59 Å². The van der Waals surface area contributed by atoms with Crippen LogP contribution in [0, 0.1) is 5.82 Å². The average molecular weight is 435 g/mol. The standard InChI is InChI=1S/C24H22FN3O4/c1-14(29)16-5-3-6-18(13-16)26-23(30)15(2)32-24(31)22-20-7-4-8-21(20)28(27-22)19-11-9-17(25)10-12-19/h3,5-6,9-13,15H,4,7-8H2,1-2H3,(H,26,30). The molecule has 1 aliphatic rings. The van der Waals surface area contributed by atoms with E-state index in [-0.39, 0.29) is 17.3 Å². The van der Waals surface area contributed by atoms with Crippen molar-refractivity contribution in [2.24, 2.45) is 0 Å². The fourth-order valence-electron chi connectivity index (χ4n) is 3.73. The van der Waals surface area contributed by atoms with Gasteiger partial charge in [-0.2, -0.15) is 5.10 Å². The lowest BCUT2D eigenvalue weighted by Gasteiger charge is -2.13. The molecule has 1 aliphatic carbocycles. The van der Waals surface area contributed by atoms with Crippen molar-refractivity contribution in [3.05, 3.63) is 76.9 Å². The van der Waals surface area contributed by atoms with E-state index in [0.29, 0.717) is 23.4 Å². The van der Waals surface area contributed by atoms with Crippen LogP contribution in [0.5, 0.6) is 0 Å². The number of fused-ring (bicyclic) bond motifs is 1. The maximum absolute atomic E-state index is 13.3. The van der Waals surface area contributed by atoms with E-state index >= 15 is 0 Å². The van der Waals surface area contributed by atoms with Crippen LogP contribution in [0.1, 0.15) is 52.4 Å². The highest BCUT2D eigenvalue weighted by Crippen LogP contribution is 2.28. The quantitative estimate of drug-likeness (QED) is 0.469. The average Bonchev–Trinajstić information content (AvgIpc) is 3.37. The summed E-state index contributed by atoms with van der Waals surface area (Å²) < 4.78 is 20.3. The fraction of sp³-hybridized carbons (Fsp3) is 0.250. The van der Waals surface area contributed by atoms with E-state index in [4.69, 9.17) is 4.74 Å². The van der Waals surface area contributed by atoms with E-state index < -0.39 is 18.0 Å². The van der Waals surface area contributed by atoms with Crippen molar-refractivity contribution in [2.75, 3.05) is 5.32 Å². The van der Waals surface area contributed by atoms with Crippen LogP contribution in [0.15, 0.2) is 48.5 Å². The van der Waals surface area contributed by atoms with Gasteiger partial charge in [0.1, 0.15) is 5.82 Å². The molecule has 0 radical (unpaired) electrons. The van der Waals surface area contributed by atoms with Crippen LogP contribution in [0.25, 0.3) is 5.69 Å². The second kappa shape index (κ2) is 8.74. The van der Waals surface area contributed by atoms with Crippen molar-refractivity contribution < 1.29 is 23.5 Å². The zero-order chi connectivity index (χ0) is 22.8. The van der Waals surface area contributed by atoms with Gasteiger partial charge in [-0.1, -0.05) is 12.1 Å². The summed E-state index contributed by atoms with van der Waals surface area (Å²) in [6, 6.07) is 12.4. The first-order valence-electron chi connectivity index (χ1n) is 10.3. The monoisotopic (exact) mass is 435 g/mol. The molecular weight excluding hydrogens is 413 g/mol. The molecule has 0 spiro atoms. The van der Waals surface area contributed by atoms with Gasteiger partial charge < -0.3 is 10.1 Å². The van der Waals surface area contributed by atoms with Gasteiger partial charge in [0.05, 0.1) is 5.69 Å². The maximum Gasteiger partial charge on any atom is 0.359 e. The molecule has 3 aromatic rings. The first-order chi connectivity index (χ1) is 15.3. The Hall–Kier alpha value is -3.81. The molecule has 0 saturated heterocycles. The third-order valence-electron chi connectivity index (χ3n) is 5.38. The predicted octanol–water partition coefficient (Wildman–Crippen LogP) is 3.89. The van der Waals surface area contributed by atoms with Gasteiger partial charge in [-0.25, -0.2) is 13.9 Å². The molecule has 1 atom stereocenters. The molecule has 0 saturated carbocycles. The van der Waals surface area contributed by atoms with Crippen molar-refractivity contribution in [2.45, 2.75) is 39.2 Å². The number of nitrogens with zero attached hydrogens (tertiary/aromatic N) is 2. The van der Waals surface area contributed by atoms with E-state index in [1.807, 2.05) is 0 Å². The molecule has 1 heterocycles. The summed E-state index contributed by atoms with van der Waals surface area (Å²) in [5.74, 6) is -1.69. The summed E-state index contributed by atoms with van der Waals surface area (Å²) in [4.78, 5) is 36.9. The van der Waals surface area contributed by atoms with Crippen molar-refractivity contribution in [3.63, 3.8) is 0 Å². The number of carbonyl (C=O) groups is 3. The zero-order valence-corrected chi connectivity index (χ0v) is 17.7. The Bertz CT molecular complexity index is 1200. The number of ketones is 1. The molecular formula is C24H22FN3O4. The number of benzene rings is 2. The number of aromatic nitrogens is 2. The summed E-state index contributed by atoms with van der Waals surface area (Å²) >= 11 is 0. The third-order valence-corrected chi connectivity index (χ3v) is 5.38. The molecule has 8 heteroatoms. The molecule has 32 heavy (non-hydrogen) atoms. The highest BCUT2D eigenvalue weighted by Gasteiger charge is 2.30. The molecule has 0 bridgehead atoms. The van der Waals surface area contributed by atoms with Gasteiger partial charge in [0.25, 0.3) is 5.91 Å². The molecule has 1 aromatic heterocycles. The number of hydrogen-bond acceptors (Lipinski definition) is 5. The second-order valence-corrected chi connectivity index (χ2v) is 7.69. The van der Waals surface area contributed by atoms with E-state index in [0.717, 1.165) is 24.1 Å². The van der Waals surface area contributed by atoms with Gasteiger partial charge in [-0.05, 0) is 69.5 Å². The molecule has 7 nitrogen and oxygen atoms in total. The van der Waals surface area contributed by atoms with Crippen molar-refractivity contribution >= 4 is 23.3 Å². The normalized spacial score (nSPS) is 13.3. The minimum absolute atomic E-state index is 0.119. The summed E-state index contributed by atoms with van der Waals surface area (Å²) in [6.07, 6.45) is 1.23. The van der Waals surface area contributed by atoms with E-state index in [9.17, 15) is 18.8 Å². The molecule has 1 unspecified atom stereocenters. The highest BCUT2D eigenvalue weighted by atomic mass is 19.1. The SMILES string of the molecule is CC(=O)c1cccc(NC(=O)C(C)OC(=O)c2nn(-c3ccc(F)cc3)c3c2CCC3)c1.